The molecule has 0 bridgehead atoms. The average Bonchev–Trinajstić information content (AvgIpc) is 2.34. The van der Waals surface area contributed by atoms with E-state index in [1.807, 2.05) is 18.5 Å². The molecule has 1 aliphatic rings. The standard InChI is InChI=1S/C14H23N3/c1-13(2)4-6-14(11-15,7-5-13)10-12-16-8-3-9-17-12/h3,8-9H,4-7,10-11,15H2,1-2H3. The molecule has 94 valence electrons. The van der Waals surface area contributed by atoms with E-state index in [1.165, 1.54) is 25.7 Å². The summed E-state index contributed by atoms with van der Waals surface area (Å²) in [6, 6.07) is 1.86. The van der Waals surface area contributed by atoms with Crippen molar-refractivity contribution in [2.75, 3.05) is 6.54 Å². The molecule has 1 heterocycles. The lowest BCUT2D eigenvalue weighted by atomic mass is 9.64. The minimum atomic E-state index is 0.233. The number of rotatable bonds is 3. The van der Waals surface area contributed by atoms with Crippen LogP contribution in [0.4, 0.5) is 0 Å². The topological polar surface area (TPSA) is 51.8 Å². The summed E-state index contributed by atoms with van der Waals surface area (Å²) in [4.78, 5) is 8.67. The van der Waals surface area contributed by atoms with Crippen LogP contribution in [0.2, 0.25) is 0 Å². The van der Waals surface area contributed by atoms with Crippen molar-refractivity contribution in [1.82, 2.24) is 9.97 Å². The zero-order chi connectivity index (χ0) is 12.4. The maximum atomic E-state index is 6.02. The third kappa shape index (κ3) is 3.03. The Balaban J connectivity index is 2.06. The van der Waals surface area contributed by atoms with E-state index < -0.39 is 0 Å². The van der Waals surface area contributed by atoms with Gasteiger partial charge in [0.15, 0.2) is 0 Å². The summed E-state index contributed by atoms with van der Waals surface area (Å²) in [5, 5.41) is 0. The van der Waals surface area contributed by atoms with E-state index in [0.29, 0.717) is 5.41 Å². The predicted molar refractivity (Wildman–Crippen MR) is 69.5 cm³/mol. The SMILES string of the molecule is CC1(C)CCC(CN)(Cc2ncccn2)CC1. The molecule has 0 radical (unpaired) electrons. The molecule has 17 heavy (non-hydrogen) atoms. The molecule has 3 nitrogen and oxygen atoms in total. The van der Waals surface area contributed by atoms with Gasteiger partial charge in [-0.3, -0.25) is 0 Å². The third-order valence-electron chi connectivity index (χ3n) is 4.25. The monoisotopic (exact) mass is 233 g/mol. The van der Waals surface area contributed by atoms with Crippen LogP contribution in [-0.2, 0) is 6.42 Å². The summed E-state index contributed by atoms with van der Waals surface area (Å²) >= 11 is 0. The minimum absolute atomic E-state index is 0.233. The fourth-order valence-electron chi connectivity index (χ4n) is 2.67. The Morgan fingerprint density at radius 2 is 1.71 bits per heavy atom. The van der Waals surface area contributed by atoms with Gasteiger partial charge < -0.3 is 5.73 Å². The lowest BCUT2D eigenvalue weighted by Gasteiger charge is -2.42. The predicted octanol–water partition coefficient (Wildman–Crippen LogP) is 2.56. The quantitative estimate of drug-likeness (QED) is 0.873. The molecule has 1 aliphatic carbocycles. The zero-order valence-corrected chi connectivity index (χ0v) is 10.9. The van der Waals surface area contributed by atoms with Crippen LogP contribution in [0.3, 0.4) is 0 Å². The summed E-state index contributed by atoms with van der Waals surface area (Å²) in [6.07, 6.45) is 9.50. The summed E-state index contributed by atoms with van der Waals surface area (Å²) in [6.45, 7) is 5.46. The van der Waals surface area contributed by atoms with Gasteiger partial charge in [-0.05, 0) is 49.1 Å². The van der Waals surface area contributed by atoms with E-state index in [1.54, 1.807) is 0 Å². The molecule has 0 aromatic carbocycles. The Bertz CT molecular complexity index is 349. The smallest absolute Gasteiger partial charge is 0.128 e. The van der Waals surface area contributed by atoms with Crippen molar-refractivity contribution in [1.29, 1.82) is 0 Å². The Labute approximate surface area is 104 Å². The molecule has 1 aromatic rings. The Hall–Kier alpha value is -0.960. The van der Waals surface area contributed by atoms with E-state index in [2.05, 4.69) is 23.8 Å². The van der Waals surface area contributed by atoms with Gasteiger partial charge in [-0.1, -0.05) is 13.8 Å². The van der Waals surface area contributed by atoms with Crippen LogP contribution >= 0.6 is 0 Å². The van der Waals surface area contributed by atoms with Gasteiger partial charge in [0.2, 0.25) is 0 Å². The molecule has 0 atom stereocenters. The van der Waals surface area contributed by atoms with Gasteiger partial charge in [0, 0.05) is 18.8 Å². The Kier molecular flexibility index (Phi) is 3.48. The van der Waals surface area contributed by atoms with E-state index >= 15 is 0 Å². The van der Waals surface area contributed by atoms with Crippen LogP contribution in [0.25, 0.3) is 0 Å². The van der Waals surface area contributed by atoms with Crippen LogP contribution < -0.4 is 5.73 Å². The van der Waals surface area contributed by atoms with Gasteiger partial charge in [-0.25, -0.2) is 9.97 Å². The molecule has 2 rings (SSSR count). The fourth-order valence-corrected chi connectivity index (χ4v) is 2.67. The maximum Gasteiger partial charge on any atom is 0.128 e. The highest BCUT2D eigenvalue weighted by Gasteiger charge is 2.37. The molecule has 0 aliphatic heterocycles. The second-order valence-electron chi connectivity index (χ2n) is 6.21. The maximum absolute atomic E-state index is 6.02. The van der Waals surface area contributed by atoms with Crippen molar-refractivity contribution in [2.45, 2.75) is 46.0 Å². The number of hydrogen-bond donors (Lipinski definition) is 1. The Morgan fingerprint density at radius 1 is 1.12 bits per heavy atom. The summed E-state index contributed by atoms with van der Waals surface area (Å²) in [5.41, 5.74) is 6.73. The Morgan fingerprint density at radius 3 is 2.24 bits per heavy atom. The first-order valence-electron chi connectivity index (χ1n) is 6.51. The molecule has 1 saturated carbocycles. The highest BCUT2D eigenvalue weighted by Crippen LogP contribution is 2.45. The number of aromatic nitrogens is 2. The van der Waals surface area contributed by atoms with Gasteiger partial charge >= 0.3 is 0 Å². The van der Waals surface area contributed by atoms with Crippen molar-refractivity contribution >= 4 is 0 Å². The van der Waals surface area contributed by atoms with Crippen LogP contribution in [0.5, 0.6) is 0 Å². The fraction of sp³-hybridized carbons (Fsp3) is 0.714. The summed E-state index contributed by atoms with van der Waals surface area (Å²) < 4.78 is 0. The molecule has 0 saturated heterocycles. The molecular formula is C14H23N3. The van der Waals surface area contributed by atoms with Crippen LogP contribution in [0, 0.1) is 10.8 Å². The number of nitrogens with two attached hydrogens (primary N) is 1. The molecule has 0 spiro atoms. The van der Waals surface area contributed by atoms with Crippen LogP contribution in [0.15, 0.2) is 18.5 Å². The number of hydrogen-bond acceptors (Lipinski definition) is 3. The van der Waals surface area contributed by atoms with E-state index in [4.69, 9.17) is 5.73 Å². The third-order valence-corrected chi connectivity index (χ3v) is 4.25. The first kappa shape index (κ1) is 12.5. The molecule has 0 unspecified atom stereocenters. The molecule has 1 aromatic heterocycles. The number of nitrogens with zero attached hydrogens (tertiary/aromatic N) is 2. The van der Waals surface area contributed by atoms with Crippen molar-refractivity contribution in [3.05, 3.63) is 24.3 Å². The van der Waals surface area contributed by atoms with E-state index in [0.717, 1.165) is 18.8 Å². The van der Waals surface area contributed by atoms with Crippen molar-refractivity contribution in [3.63, 3.8) is 0 Å². The van der Waals surface area contributed by atoms with Gasteiger partial charge in [0.05, 0.1) is 0 Å². The second kappa shape index (κ2) is 4.73. The first-order chi connectivity index (χ1) is 8.05. The molecule has 3 heteroatoms. The largest absolute Gasteiger partial charge is 0.330 e. The van der Waals surface area contributed by atoms with E-state index in [9.17, 15) is 0 Å². The highest BCUT2D eigenvalue weighted by molar-refractivity contribution is 4.98. The molecule has 2 N–H and O–H groups in total. The van der Waals surface area contributed by atoms with Gasteiger partial charge in [-0.15, -0.1) is 0 Å². The lowest BCUT2D eigenvalue weighted by Crippen LogP contribution is -2.39. The highest BCUT2D eigenvalue weighted by atomic mass is 14.9. The summed E-state index contributed by atoms with van der Waals surface area (Å²) in [5.74, 6) is 0.942. The van der Waals surface area contributed by atoms with Crippen molar-refractivity contribution in [3.8, 4) is 0 Å². The zero-order valence-electron chi connectivity index (χ0n) is 10.9. The van der Waals surface area contributed by atoms with Crippen LogP contribution in [-0.4, -0.2) is 16.5 Å². The molecule has 0 amide bonds. The van der Waals surface area contributed by atoms with Crippen molar-refractivity contribution in [2.24, 2.45) is 16.6 Å². The van der Waals surface area contributed by atoms with Gasteiger partial charge in [0.25, 0.3) is 0 Å². The van der Waals surface area contributed by atoms with E-state index in [-0.39, 0.29) is 5.41 Å². The van der Waals surface area contributed by atoms with Crippen LogP contribution in [0.1, 0.15) is 45.4 Å². The molecule has 1 fully saturated rings. The lowest BCUT2D eigenvalue weighted by molar-refractivity contribution is 0.106. The van der Waals surface area contributed by atoms with Gasteiger partial charge in [-0.2, -0.15) is 0 Å². The van der Waals surface area contributed by atoms with Gasteiger partial charge in [0.1, 0.15) is 5.82 Å². The molecular weight excluding hydrogens is 210 g/mol. The average molecular weight is 233 g/mol. The second-order valence-corrected chi connectivity index (χ2v) is 6.21. The summed E-state index contributed by atoms with van der Waals surface area (Å²) in [7, 11) is 0. The minimum Gasteiger partial charge on any atom is -0.330 e. The van der Waals surface area contributed by atoms with Crippen molar-refractivity contribution < 1.29 is 0 Å². The normalized spacial score (nSPS) is 22.3. The first-order valence-corrected chi connectivity index (χ1v) is 6.51.